The summed E-state index contributed by atoms with van der Waals surface area (Å²) in [5, 5.41) is 2.92. The molecule has 5 heteroatoms. The van der Waals surface area contributed by atoms with Crippen LogP contribution in [0.4, 0.5) is 5.69 Å². The minimum Gasteiger partial charge on any atom is -0.481 e. The van der Waals surface area contributed by atoms with Crippen LogP contribution in [-0.4, -0.2) is 17.9 Å². The van der Waals surface area contributed by atoms with E-state index in [9.17, 15) is 9.59 Å². The molecule has 24 heavy (non-hydrogen) atoms. The smallest absolute Gasteiger partial charge is 0.265 e. The van der Waals surface area contributed by atoms with Crippen molar-refractivity contribution in [3.63, 3.8) is 0 Å². The van der Waals surface area contributed by atoms with Gasteiger partial charge in [-0.25, -0.2) is 0 Å². The lowest BCUT2D eigenvalue weighted by molar-refractivity contribution is -0.122. The molecule has 2 amide bonds. The maximum Gasteiger partial charge on any atom is 0.265 e. The second-order valence-electron chi connectivity index (χ2n) is 5.91. The Bertz CT molecular complexity index is 744. The Morgan fingerprint density at radius 1 is 1.04 bits per heavy atom. The van der Waals surface area contributed by atoms with E-state index in [1.807, 2.05) is 32.9 Å². The van der Waals surface area contributed by atoms with Crippen LogP contribution < -0.4 is 15.8 Å². The summed E-state index contributed by atoms with van der Waals surface area (Å²) in [6.45, 7) is 7.62. The van der Waals surface area contributed by atoms with Crippen LogP contribution in [0.1, 0.15) is 34.0 Å². The molecule has 1 atom stereocenters. The SMILES string of the molecule is Cc1cc(C)c(NC(=O)C(C)Oc2ccc(C(N)=O)cc2)c(C)c1. The zero-order valence-corrected chi connectivity index (χ0v) is 14.3. The number of hydrogen-bond donors (Lipinski definition) is 2. The third-order valence-electron chi connectivity index (χ3n) is 3.75. The summed E-state index contributed by atoms with van der Waals surface area (Å²) in [5.41, 5.74) is 9.58. The number of amides is 2. The highest BCUT2D eigenvalue weighted by molar-refractivity contribution is 5.95. The molecule has 5 nitrogen and oxygen atoms in total. The number of aryl methyl sites for hydroxylation is 3. The summed E-state index contributed by atoms with van der Waals surface area (Å²) in [4.78, 5) is 23.4. The molecule has 0 bridgehead atoms. The highest BCUT2D eigenvalue weighted by Crippen LogP contribution is 2.22. The fourth-order valence-corrected chi connectivity index (χ4v) is 2.56. The number of ether oxygens (including phenoxy) is 1. The first-order chi connectivity index (χ1) is 11.3. The second-order valence-corrected chi connectivity index (χ2v) is 5.91. The van der Waals surface area contributed by atoms with Gasteiger partial charge in [0.15, 0.2) is 6.10 Å². The summed E-state index contributed by atoms with van der Waals surface area (Å²) in [6, 6.07) is 10.4. The number of carbonyl (C=O) groups is 2. The Kier molecular flexibility index (Phi) is 5.24. The molecule has 0 saturated carbocycles. The molecule has 2 aromatic carbocycles. The van der Waals surface area contributed by atoms with Crippen LogP contribution >= 0.6 is 0 Å². The predicted molar refractivity (Wildman–Crippen MR) is 94.3 cm³/mol. The van der Waals surface area contributed by atoms with Crippen LogP contribution in [-0.2, 0) is 4.79 Å². The van der Waals surface area contributed by atoms with Crippen LogP contribution in [0.25, 0.3) is 0 Å². The lowest BCUT2D eigenvalue weighted by atomic mass is 10.0. The van der Waals surface area contributed by atoms with Gasteiger partial charge >= 0.3 is 0 Å². The summed E-state index contributed by atoms with van der Waals surface area (Å²) >= 11 is 0. The molecule has 0 radical (unpaired) electrons. The summed E-state index contributed by atoms with van der Waals surface area (Å²) in [5.74, 6) is -0.235. The Hall–Kier alpha value is -2.82. The lowest BCUT2D eigenvalue weighted by Crippen LogP contribution is -2.30. The van der Waals surface area contributed by atoms with Gasteiger partial charge in [0.2, 0.25) is 5.91 Å². The Labute approximate surface area is 141 Å². The quantitative estimate of drug-likeness (QED) is 0.886. The number of hydrogen-bond acceptors (Lipinski definition) is 3. The fraction of sp³-hybridized carbons (Fsp3) is 0.263. The third-order valence-corrected chi connectivity index (χ3v) is 3.75. The molecule has 3 N–H and O–H groups in total. The molecule has 0 saturated heterocycles. The summed E-state index contributed by atoms with van der Waals surface area (Å²) in [6.07, 6.45) is -0.676. The zero-order valence-electron chi connectivity index (χ0n) is 14.3. The summed E-state index contributed by atoms with van der Waals surface area (Å²) in [7, 11) is 0. The van der Waals surface area contributed by atoms with E-state index in [0.717, 1.165) is 22.4 Å². The third kappa shape index (κ3) is 4.13. The van der Waals surface area contributed by atoms with Crippen molar-refractivity contribution in [2.75, 3.05) is 5.32 Å². The van der Waals surface area contributed by atoms with Crippen LogP contribution in [0.2, 0.25) is 0 Å². The first-order valence-electron chi connectivity index (χ1n) is 7.73. The van der Waals surface area contributed by atoms with Gasteiger partial charge in [-0.15, -0.1) is 0 Å². The number of benzene rings is 2. The number of carbonyl (C=O) groups excluding carboxylic acids is 2. The highest BCUT2D eigenvalue weighted by atomic mass is 16.5. The van der Waals surface area contributed by atoms with Crippen molar-refractivity contribution >= 4 is 17.5 Å². The van der Waals surface area contributed by atoms with Gasteiger partial charge in [0.05, 0.1) is 0 Å². The van der Waals surface area contributed by atoms with E-state index in [4.69, 9.17) is 10.5 Å². The molecular formula is C19H22N2O3. The van der Waals surface area contributed by atoms with Gasteiger partial charge in [0.1, 0.15) is 5.75 Å². The topological polar surface area (TPSA) is 81.4 Å². The minimum absolute atomic E-state index is 0.232. The number of nitrogens with two attached hydrogens (primary N) is 1. The maximum atomic E-state index is 12.4. The minimum atomic E-state index is -0.676. The Morgan fingerprint density at radius 2 is 1.58 bits per heavy atom. The van der Waals surface area contributed by atoms with Crippen molar-refractivity contribution in [3.8, 4) is 5.75 Å². The molecule has 0 aliphatic heterocycles. The molecule has 0 aromatic heterocycles. The van der Waals surface area contributed by atoms with E-state index < -0.39 is 12.0 Å². The van der Waals surface area contributed by atoms with Crippen molar-refractivity contribution < 1.29 is 14.3 Å². The van der Waals surface area contributed by atoms with Gasteiger partial charge in [0.25, 0.3) is 5.91 Å². The highest BCUT2D eigenvalue weighted by Gasteiger charge is 2.17. The standard InChI is InChI=1S/C19H22N2O3/c1-11-9-12(2)17(13(3)10-11)21-19(23)14(4)24-16-7-5-15(6-8-16)18(20)22/h5-10,14H,1-4H3,(H2,20,22)(H,21,23). The Balaban J connectivity index is 2.06. The largest absolute Gasteiger partial charge is 0.481 e. The average Bonchev–Trinajstić information content (AvgIpc) is 2.51. The second kappa shape index (κ2) is 7.17. The lowest BCUT2D eigenvalue weighted by Gasteiger charge is -2.17. The summed E-state index contributed by atoms with van der Waals surface area (Å²) < 4.78 is 5.62. The van der Waals surface area contributed by atoms with Crippen LogP contribution in [0.5, 0.6) is 5.75 Å². The zero-order chi connectivity index (χ0) is 17.9. The predicted octanol–water partition coefficient (Wildman–Crippen LogP) is 3.12. The van der Waals surface area contributed by atoms with E-state index in [-0.39, 0.29) is 5.91 Å². The van der Waals surface area contributed by atoms with Crippen molar-refractivity contribution in [3.05, 3.63) is 58.7 Å². The van der Waals surface area contributed by atoms with Crippen LogP contribution in [0, 0.1) is 20.8 Å². The molecule has 1 unspecified atom stereocenters. The van der Waals surface area contributed by atoms with Gasteiger partial charge in [-0.05, 0) is 63.1 Å². The molecule has 2 rings (SSSR count). The number of primary amides is 1. The number of rotatable bonds is 5. The van der Waals surface area contributed by atoms with Crippen LogP contribution in [0.15, 0.2) is 36.4 Å². The van der Waals surface area contributed by atoms with Gasteiger partial charge in [-0.2, -0.15) is 0 Å². The van der Waals surface area contributed by atoms with Crippen molar-refractivity contribution in [1.29, 1.82) is 0 Å². The number of anilines is 1. The van der Waals surface area contributed by atoms with E-state index in [1.165, 1.54) is 0 Å². The first kappa shape index (κ1) is 17.5. The van der Waals surface area contributed by atoms with Gasteiger partial charge in [-0.3, -0.25) is 9.59 Å². The average molecular weight is 326 g/mol. The van der Waals surface area contributed by atoms with Gasteiger partial charge in [-0.1, -0.05) is 17.7 Å². The maximum absolute atomic E-state index is 12.4. The molecule has 0 aliphatic carbocycles. The monoisotopic (exact) mass is 326 g/mol. The molecule has 0 heterocycles. The molecule has 0 spiro atoms. The number of nitrogens with one attached hydrogen (secondary N) is 1. The molecule has 126 valence electrons. The van der Waals surface area contributed by atoms with Crippen molar-refractivity contribution in [2.45, 2.75) is 33.8 Å². The van der Waals surface area contributed by atoms with Gasteiger partial charge < -0.3 is 15.8 Å². The van der Waals surface area contributed by atoms with E-state index in [0.29, 0.717) is 11.3 Å². The van der Waals surface area contributed by atoms with Crippen molar-refractivity contribution in [2.24, 2.45) is 5.73 Å². The molecule has 0 fully saturated rings. The van der Waals surface area contributed by atoms with E-state index in [2.05, 4.69) is 5.32 Å². The normalized spacial score (nSPS) is 11.7. The van der Waals surface area contributed by atoms with Gasteiger partial charge in [0, 0.05) is 11.3 Å². The van der Waals surface area contributed by atoms with Crippen molar-refractivity contribution in [1.82, 2.24) is 0 Å². The fourth-order valence-electron chi connectivity index (χ4n) is 2.56. The first-order valence-corrected chi connectivity index (χ1v) is 7.73. The van der Waals surface area contributed by atoms with E-state index in [1.54, 1.807) is 31.2 Å². The molecule has 0 aliphatic rings. The van der Waals surface area contributed by atoms with E-state index >= 15 is 0 Å². The Morgan fingerprint density at radius 3 is 2.08 bits per heavy atom. The molecule has 2 aromatic rings. The van der Waals surface area contributed by atoms with Crippen LogP contribution in [0.3, 0.4) is 0 Å². The molecular weight excluding hydrogens is 304 g/mol.